The highest BCUT2D eigenvalue weighted by Gasteiger charge is 2.26. The van der Waals surface area contributed by atoms with Gasteiger partial charge < -0.3 is 9.57 Å². The Balaban J connectivity index is 1.96. The molecule has 2 aromatic rings. The lowest BCUT2D eigenvalue weighted by molar-refractivity contribution is -0.140. The zero-order valence-electron chi connectivity index (χ0n) is 11.7. The maximum Gasteiger partial charge on any atom is 0.331 e. The monoisotopic (exact) mass is 281 g/mol. The second-order valence-corrected chi connectivity index (χ2v) is 4.84. The zero-order chi connectivity index (χ0) is 14.7. The van der Waals surface area contributed by atoms with E-state index in [0.29, 0.717) is 6.42 Å². The van der Waals surface area contributed by atoms with Crippen molar-refractivity contribution >= 4 is 11.7 Å². The van der Waals surface area contributed by atoms with Gasteiger partial charge in [0, 0.05) is 18.9 Å². The van der Waals surface area contributed by atoms with Crippen LogP contribution in [0.4, 0.5) is 0 Å². The quantitative estimate of drug-likeness (QED) is 0.625. The fraction of sp³-hybridized carbons (Fsp3) is 0.176. The summed E-state index contributed by atoms with van der Waals surface area (Å²) in [6.07, 6.45) is 0.435. The third kappa shape index (κ3) is 2.94. The van der Waals surface area contributed by atoms with Gasteiger partial charge in [-0.05, 0) is 17.7 Å². The minimum Gasteiger partial charge on any atom is -0.485 e. The Labute approximate surface area is 123 Å². The van der Waals surface area contributed by atoms with Crippen LogP contribution in [-0.2, 0) is 9.63 Å². The number of rotatable bonds is 2. The topological polar surface area (TPSA) is 47.9 Å². The zero-order valence-corrected chi connectivity index (χ0v) is 11.7. The molecule has 0 amide bonds. The van der Waals surface area contributed by atoms with Gasteiger partial charge in [0.25, 0.3) is 0 Å². The molecule has 21 heavy (non-hydrogen) atoms. The minimum absolute atomic E-state index is 0.129. The second kappa shape index (κ2) is 5.79. The number of benzene rings is 2. The van der Waals surface area contributed by atoms with Crippen LogP contribution < -0.4 is 4.74 Å². The first-order chi connectivity index (χ1) is 10.2. The van der Waals surface area contributed by atoms with E-state index in [1.165, 1.54) is 6.92 Å². The number of hydrogen-bond acceptors (Lipinski definition) is 4. The van der Waals surface area contributed by atoms with E-state index in [9.17, 15) is 4.79 Å². The molecule has 1 aliphatic heterocycles. The number of carbonyl (C=O) groups excluding carboxylic acids is 1. The molecule has 106 valence electrons. The van der Waals surface area contributed by atoms with E-state index in [1.54, 1.807) is 0 Å². The summed E-state index contributed by atoms with van der Waals surface area (Å²) in [7, 11) is 0. The predicted molar refractivity (Wildman–Crippen MR) is 79.2 cm³/mol. The maximum atomic E-state index is 11.0. The highest BCUT2D eigenvalue weighted by Crippen LogP contribution is 2.35. The van der Waals surface area contributed by atoms with Crippen LogP contribution in [0.3, 0.4) is 0 Å². The first kappa shape index (κ1) is 13.4. The number of ether oxygens (including phenoxy) is 1. The number of fused-ring (bicyclic) bond motifs is 1. The van der Waals surface area contributed by atoms with Crippen LogP contribution in [-0.4, -0.2) is 11.7 Å². The summed E-state index contributed by atoms with van der Waals surface area (Å²) >= 11 is 0. The smallest absolute Gasteiger partial charge is 0.331 e. The molecule has 0 saturated heterocycles. The lowest BCUT2D eigenvalue weighted by Gasteiger charge is -2.27. The van der Waals surface area contributed by atoms with E-state index in [-0.39, 0.29) is 6.10 Å². The van der Waals surface area contributed by atoms with Crippen LogP contribution in [0.15, 0.2) is 59.8 Å². The van der Waals surface area contributed by atoms with Gasteiger partial charge in [-0.3, -0.25) is 0 Å². The first-order valence-corrected chi connectivity index (χ1v) is 6.79. The molecule has 4 heteroatoms. The molecule has 0 N–H and O–H groups in total. The summed E-state index contributed by atoms with van der Waals surface area (Å²) in [5.41, 5.74) is 2.66. The Morgan fingerprint density at radius 1 is 1.14 bits per heavy atom. The minimum atomic E-state index is -0.428. The van der Waals surface area contributed by atoms with Crippen LogP contribution in [0, 0.1) is 0 Å². The van der Waals surface area contributed by atoms with Gasteiger partial charge >= 0.3 is 5.97 Å². The third-order valence-electron chi connectivity index (χ3n) is 3.30. The van der Waals surface area contributed by atoms with E-state index in [2.05, 4.69) is 5.16 Å². The summed E-state index contributed by atoms with van der Waals surface area (Å²) in [5, 5.41) is 3.99. The van der Waals surface area contributed by atoms with Gasteiger partial charge in [-0.25, -0.2) is 4.79 Å². The van der Waals surface area contributed by atoms with Crippen molar-refractivity contribution < 1.29 is 14.4 Å². The molecular formula is C17H15NO3. The van der Waals surface area contributed by atoms with Crippen molar-refractivity contribution in [3.8, 4) is 5.75 Å². The highest BCUT2D eigenvalue weighted by atomic mass is 16.7. The predicted octanol–water partition coefficient (Wildman–Crippen LogP) is 3.48. The van der Waals surface area contributed by atoms with Crippen LogP contribution in [0.2, 0.25) is 0 Å². The molecule has 0 saturated carbocycles. The van der Waals surface area contributed by atoms with Crippen LogP contribution in [0.25, 0.3) is 0 Å². The van der Waals surface area contributed by atoms with Gasteiger partial charge in [0.05, 0.1) is 5.71 Å². The van der Waals surface area contributed by atoms with Crippen molar-refractivity contribution in [3.05, 3.63) is 65.7 Å². The summed E-state index contributed by atoms with van der Waals surface area (Å²) in [5.74, 6) is 0.325. The summed E-state index contributed by atoms with van der Waals surface area (Å²) < 4.78 is 6.03. The molecule has 0 radical (unpaired) electrons. The van der Waals surface area contributed by atoms with Gasteiger partial charge in [0.1, 0.15) is 11.9 Å². The molecule has 4 nitrogen and oxygen atoms in total. The number of para-hydroxylation sites is 1. The molecule has 3 rings (SSSR count). The second-order valence-electron chi connectivity index (χ2n) is 4.84. The Morgan fingerprint density at radius 3 is 2.62 bits per heavy atom. The highest BCUT2D eigenvalue weighted by molar-refractivity contribution is 6.04. The van der Waals surface area contributed by atoms with Gasteiger partial charge in [0.15, 0.2) is 0 Å². The molecule has 0 bridgehead atoms. The molecule has 1 atom stereocenters. The number of nitrogens with zero attached hydrogens (tertiary/aromatic N) is 1. The summed E-state index contributed by atoms with van der Waals surface area (Å²) in [6.45, 7) is 1.34. The summed E-state index contributed by atoms with van der Waals surface area (Å²) in [6, 6.07) is 17.6. The van der Waals surface area contributed by atoms with E-state index in [1.807, 2.05) is 54.6 Å². The lowest BCUT2D eigenvalue weighted by atomic mass is 9.96. The fourth-order valence-electron chi connectivity index (χ4n) is 2.35. The van der Waals surface area contributed by atoms with Crippen molar-refractivity contribution in [3.63, 3.8) is 0 Å². The van der Waals surface area contributed by atoms with Crippen LogP contribution in [0.1, 0.15) is 30.6 Å². The molecule has 1 aliphatic rings. The number of carbonyl (C=O) groups is 1. The molecule has 0 aromatic heterocycles. The largest absolute Gasteiger partial charge is 0.485 e. The Bertz CT molecular complexity index is 679. The Kier molecular flexibility index (Phi) is 3.69. The average molecular weight is 281 g/mol. The molecule has 1 heterocycles. The molecule has 0 aliphatic carbocycles. The Hall–Kier alpha value is -2.62. The van der Waals surface area contributed by atoms with Gasteiger partial charge in [0.2, 0.25) is 0 Å². The maximum absolute atomic E-state index is 11.0. The SMILES string of the molecule is CC(=O)O/N=C1\CC(c2ccccc2)Oc2ccccc21. The van der Waals surface area contributed by atoms with Crippen molar-refractivity contribution in [1.82, 2.24) is 0 Å². The number of hydrogen-bond donors (Lipinski definition) is 0. The van der Waals surface area contributed by atoms with Crippen LogP contribution in [0.5, 0.6) is 5.75 Å². The fourth-order valence-corrected chi connectivity index (χ4v) is 2.35. The van der Waals surface area contributed by atoms with Crippen LogP contribution >= 0.6 is 0 Å². The van der Waals surface area contributed by atoms with Crippen molar-refractivity contribution in [2.75, 3.05) is 0 Å². The summed E-state index contributed by atoms with van der Waals surface area (Å²) in [4.78, 5) is 15.8. The van der Waals surface area contributed by atoms with Gasteiger partial charge in [-0.15, -0.1) is 0 Å². The molecular weight excluding hydrogens is 266 g/mol. The average Bonchev–Trinajstić information content (AvgIpc) is 2.53. The standard InChI is InChI=1S/C17H15NO3/c1-12(19)21-18-15-11-17(13-7-3-2-4-8-13)20-16-10-6-5-9-14(15)16/h2-10,17H,11H2,1H3/b18-15+. The molecule has 1 unspecified atom stereocenters. The van der Waals surface area contributed by atoms with Crippen molar-refractivity contribution in [2.45, 2.75) is 19.4 Å². The molecule has 0 fully saturated rings. The van der Waals surface area contributed by atoms with Crippen molar-refractivity contribution in [1.29, 1.82) is 0 Å². The lowest BCUT2D eigenvalue weighted by Crippen LogP contribution is -2.21. The number of oxime groups is 1. The van der Waals surface area contributed by atoms with E-state index in [4.69, 9.17) is 9.57 Å². The van der Waals surface area contributed by atoms with E-state index in [0.717, 1.165) is 22.6 Å². The van der Waals surface area contributed by atoms with Crippen molar-refractivity contribution in [2.24, 2.45) is 5.16 Å². The molecule has 0 spiro atoms. The normalized spacial score (nSPS) is 18.7. The Morgan fingerprint density at radius 2 is 1.86 bits per heavy atom. The van der Waals surface area contributed by atoms with E-state index < -0.39 is 5.97 Å². The van der Waals surface area contributed by atoms with Gasteiger partial charge in [-0.1, -0.05) is 47.6 Å². The van der Waals surface area contributed by atoms with Gasteiger partial charge in [-0.2, -0.15) is 0 Å². The first-order valence-electron chi connectivity index (χ1n) is 6.79. The molecule has 2 aromatic carbocycles. The van der Waals surface area contributed by atoms with E-state index >= 15 is 0 Å². The third-order valence-corrected chi connectivity index (χ3v) is 3.30.